The van der Waals surface area contributed by atoms with Crippen molar-refractivity contribution in [3.8, 4) is 0 Å². The molecule has 1 N–H and O–H groups in total. The van der Waals surface area contributed by atoms with Crippen LogP contribution in [0.5, 0.6) is 0 Å². The minimum Gasteiger partial charge on any atom is -0.481 e. The normalized spacial score (nSPS) is 18.3. The van der Waals surface area contributed by atoms with Gasteiger partial charge in [0, 0.05) is 19.0 Å². The van der Waals surface area contributed by atoms with Crippen LogP contribution < -0.4 is 0 Å². The van der Waals surface area contributed by atoms with Gasteiger partial charge in [0.05, 0.1) is 6.42 Å². The fraction of sp³-hybridized carbons (Fsp3) is 0.857. The Kier molecular flexibility index (Phi) is 6.16. The van der Waals surface area contributed by atoms with Gasteiger partial charge < -0.3 is 10.0 Å². The molecule has 0 radical (unpaired) electrons. The molecular formula is C14H25NO3. The number of amides is 1. The molecule has 1 aliphatic carbocycles. The summed E-state index contributed by atoms with van der Waals surface area (Å²) in [5, 5.41) is 8.79. The lowest BCUT2D eigenvalue weighted by molar-refractivity contribution is -0.140. The van der Waals surface area contributed by atoms with Crippen molar-refractivity contribution in [1.29, 1.82) is 0 Å². The molecule has 1 unspecified atom stereocenters. The lowest BCUT2D eigenvalue weighted by atomic mass is 9.86. The second kappa shape index (κ2) is 7.39. The molecule has 104 valence electrons. The molecule has 1 fully saturated rings. The lowest BCUT2D eigenvalue weighted by Crippen LogP contribution is -2.40. The summed E-state index contributed by atoms with van der Waals surface area (Å²) in [6.07, 6.45) is 6.68. The van der Waals surface area contributed by atoms with Crippen LogP contribution in [0.4, 0.5) is 0 Å². The molecule has 4 heteroatoms. The molecule has 0 spiro atoms. The highest BCUT2D eigenvalue weighted by atomic mass is 16.4. The van der Waals surface area contributed by atoms with Crippen molar-refractivity contribution in [3.63, 3.8) is 0 Å². The van der Waals surface area contributed by atoms with Gasteiger partial charge in [-0.1, -0.05) is 19.3 Å². The molecule has 0 aromatic carbocycles. The summed E-state index contributed by atoms with van der Waals surface area (Å²) < 4.78 is 0. The molecular weight excluding hydrogens is 230 g/mol. The van der Waals surface area contributed by atoms with Gasteiger partial charge in [-0.25, -0.2) is 0 Å². The SMILES string of the molecule is CCN(C(=O)CC1CCCCC1)C(C)CC(=O)O. The summed E-state index contributed by atoms with van der Waals surface area (Å²) >= 11 is 0. The molecule has 4 nitrogen and oxygen atoms in total. The average Bonchev–Trinajstić information content (AvgIpc) is 2.30. The standard InChI is InChI=1S/C14H25NO3/c1-3-15(11(2)9-14(17)18)13(16)10-12-7-5-4-6-8-12/h11-12H,3-10H2,1-2H3,(H,17,18). The highest BCUT2D eigenvalue weighted by Gasteiger charge is 2.24. The maximum absolute atomic E-state index is 12.2. The van der Waals surface area contributed by atoms with E-state index in [0.29, 0.717) is 18.9 Å². The number of aliphatic carboxylic acids is 1. The molecule has 18 heavy (non-hydrogen) atoms. The predicted octanol–water partition coefficient (Wildman–Crippen LogP) is 2.67. The van der Waals surface area contributed by atoms with E-state index in [1.54, 1.807) is 4.90 Å². The number of carboxylic acids is 1. The Bertz CT molecular complexity index is 285. The maximum Gasteiger partial charge on any atom is 0.305 e. The van der Waals surface area contributed by atoms with Crippen molar-refractivity contribution >= 4 is 11.9 Å². The van der Waals surface area contributed by atoms with Gasteiger partial charge >= 0.3 is 5.97 Å². The van der Waals surface area contributed by atoms with E-state index in [1.807, 2.05) is 13.8 Å². The Hall–Kier alpha value is -1.06. The number of nitrogens with zero attached hydrogens (tertiary/aromatic N) is 1. The summed E-state index contributed by atoms with van der Waals surface area (Å²) in [5.74, 6) is -0.207. The first-order valence-corrected chi connectivity index (χ1v) is 7.05. The molecule has 0 saturated heterocycles. The van der Waals surface area contributed by atoms with Crippen LogP contribution in [0.1, 0.15) is 58.8 Å². The Morgan fingerprint density at radius 3 is 2.39 bits per heavy atom. The van der Waals surface area contributed by atoms with Crippen LogP contribution in [-0.2, 0) is 9.59 Å². The Labute approximate surface area is 109 Å². The maximum atomic E-state index is 12.2. The van der Waals surface area contributed by atoms with Crippen molar-refractivity contribution in [1.82, 2.24) is 4.90 Å². The first kappa shape index (κ1) is 15.0. The number of carbonyl (C=O) groups excluding carboxylic acids is 1. The van der Waals surface area contributed by atoms with Gasteiger partial charge in [-0.15, -0.1) is 0 Å². The molecule has 1 rings (SSSR count). The van der Waals surface area contributed by atoms with E-state index in [0.717, 1.165) is 12.8 Å². The second-order valence-electron chi connectivity index (χ2n) is 5.33. The molecule has 0 aliphatic heterocycles. The van der Waals surface area contributed by atoms with Gasteiger partial charge in [-0.05, 0) is 32.6 Å². The minimum absolute atomic E-state index is 0.0320. The van der Waals surface area contributed by atoms with Crippen molar-refractivity contribution in [2.75, 3.05) is 6.54 Å². The third kappa shape index (κ3) is 4.67. The molecule has 0 aromatic heterocycles. The molecule has 1 saturated carbocycles. The Balaban J connectivity index is 2.47. The van der Waals surface area contributed by atoms with Gasteiger partial charge in [0.1, 0.15) is 0 Å². The highest BCUT2D eigenvalue weighted by Crippen LogP contribution is 2.27. The van der Waals surface area contributed by atoms with Crippen molar-refractivity contribution in [2.45, 2.75) is 64.8 Å². The van der Waals surface area contributed by atoms with Gasteiger partial charge in [0.2, 0.25) is 5.91 Å². The van der Waals surface area contributed by atoms with Crippen LogP contribution >= 0.6 is 0 Å². The fourth-order valence-electron chi connectivity index (χ4n) is 2.85. The van der Waals surface area contributed by atoms with Crippen LogP contribution in [0.3, 0.4) is 0 Å². The Morgan fingerprint density at radius 2 is 1.89 bits per heavy atom. The largest absolute Gasteiger partial charge is 0.481 e. The molecule has 0 aromatic rings. The smallest absolute Gasteiger partial charge is 0.305 e. The van der Waals surface area contributed by atoms with E-state index in [9.17, 15) is 9.59 Å². The molecule has 1 amide bonds. The zero-order valence-corrected chi connectivity index (χ0v) is 11.5. The van der Waals surface area contributed by atoms with E-state index >= 15 is 0 Å². The average molecular weight is 255 g/mol. The fourth-order valence-corrected chi connectivity index (χ4v) is 2.85. The van der Waals surface area contributed by atoms with Crippen LogP contribution in [0.25, 0.3) is 0 Å². The van der Waals surface area contributed by atoms with E-state index < -0.39 is 5.97 Å². The van der Waals surface area contributed by atoms with Gasteiger partial charge in [-0.2, -0.15) is 0 Å². The van der Waals surface area contributed by atoms with Crippen LogP contribution in [0.15, 0.2) is 0 Å². The molecule has 0 heterocycles. The van der Waals surface area contributed by atoms with Crippen molar-refractivity contribution in [2.24, 2.45) is 5.92 Å². The molecule has 1 aliphatic rings. The summed E-state index contributed by atoms with van der Waals surface area (Å²) in [6.45, 7) is 4.33. The van der Waals surface area contributed by atoms with Crippen molar-refractivity contribution < 1.29 is 14.7 Å². The van der Waals surface area contributed by atoms with Crippen LogP contribution in [-0.4, -0.2) is 34.5 Å². The van der Waals surface area contributed by atoms with Crippen molar-refractivity contribution in [3.05, 3.63) is 0 Å². The molecule has 0 bridgehead atoms. The van der Waals surface area contributed by atoms with Gasteiger partial charge in [-0.3, -0.25) is 9.59 Å². The first-order valence-electron chi connectivity index (χ1n) is 7.05. The molecule has 1 atom stereocenters. The second-order valence-corrected chi connectivity index (χ2v) is 5.33. The summed E-state index contributed by atoms with van der Waals surface area (Å²) in [6, 6.07) is -0.205. The topological polar surface area (TPSA) is 57.6 Å². The van der Waals surface area contributed by atoms with E-state index in [1.165, 1.54) is 19.3 Å². The van der Waals surface area contributed by atoms with Gasteiger partial charge in [0.25, 0.3) is 0 Å². The summed E-state index contributed by atoms with van der Waals surface area (Å²) in [7, 11) is 0. The third-order valence-corrected chi connectivity index (χ3v) is 3.85. The Morgan fingerprint density at radius 1 is 1.28 bits per heavy atom. The van der Waals surface area contributed by atoms with Crippen LogP contribution in [0, 0.1) is 5.92 Å². The van der Waals surface area contributed by atoms with E-state index in [-0.39, 0.29) is 18.4 Å². The minimum atomic E-state index is -0.841. The highest BCUT2D eigenvalue weighted by molar-refractivity contribution is 5.77. The zero-order chi connectivity index (χ0) is 13.5. The zero-order valence-electron chi connectivity index (χ0n) is 11.5. The number of carboxylic acid groups (broad SMARTS) is 1. The third-order valence-electron chi connectivity index (χ3n) is 3.85. The lowest BCUT2D eigenvalue weighted by Gasteiger charge is -2.30. The van der Waals surface area contributed by atoms with Crippen LogP contribution in [0.2, 0.25) is 0 Å². The van der Waals surface area contributed by atoms with E-state index in [2.05, 4.69) is 0 Å². The number of rotatable bonds is 6. The first-order chi connectivity index (χ1) is 8.54. The van der Waals surface area contributed by atoms with Gasteiger partial charge in [0.15, 0.2) is 0 Å². The monoisotopic (exact) mass is 255 g/mol. The number of hydrogen-bond acceptors (Lipinski definition) is 2. The number of hydrogen-bond donors (Lipinski definition) is 1. The number of carbonyl (C=O) groups is 2. The summed E-state index contributed by atoms with van der Waals surface area (Å²) in [4.78, 5) is 24.6. The van der Waals surface area contributed by atoms with E-state index in [4.69, 9.17) is 5.11 Å². The quantitative estimate of drug-likeness (QED) is 0.793. The summed E-state index contributed by atoms with van der Waals surface area (Å²) in [5.41, 5.74) is 0. The predicted molar refractivity (Wildman–Crippen MR) is 70.3 cm³/mol.